The first kappa shape index (κ1) is 16.5. The summed E-state index contributed by atoms with van der Waals surface area (Å²) < 4.78 is 7.20. The monoisotopic (exact) mass is 367 g/mol. The lowest BCUT2D eigenvalue weighted by Crippen LogP contribution is -2.17. The zero-order chi connectivity index (χ0) is 19.4. The van der Waals surface area contributed by atoms with Crippen LogP contribution in [0.2, 0.25) is 0 Å². The molecule has 4 nitrogen and oxygen atoms in total. The van der Waals surface area contributed by atoms with Gasteiger partial charge in [0, 0.05) is 34.5 Å². The van der Waals surface area contributed by atoms with Crippen molar-refractivity contribution in [3.63, 3.8) is 0 Å². The molecule has 1 heterocycles. The van der Waals surface area contributed by atoms with Crippen molar-refractivity contribution in [2.75, 3.05) is 7.11 Å². The number of fused-ring (bicyclic) bond motifs is 5. The fourth-order valence-corrected chi connectivity index (χ4v) is 4.10. The Labute approximate surface area is 161 Å². The second-order valence-electron chi connectivity index (χ2n) is 6.94. The number of aromatic nitrogens is 1. The summed E-state index contributed by atoms with van der Waals surface area (Å²) in [5.74, 6) is 0.430. The molecule has 1 aliphatic carbocycles. The molecule has 136 valence electrons. The number of hydrogen-bond acceptors (Lipinski definition) is 3. The SMILES string of the molecule is COc1ccc(C2=CC(=O)c3ccc4c5ccccc5n(C)c4c3C2=O)cc1. The third-order valence-electron chi connectivity index (χ3n) is 5.48. The van der Waals surface area contributed by atoms with Gasteiger partial charge in [-0.05, 0) is 35.9 Å². The highest BCUT2D eigenvalue weighted by atomic mass is 16.5. The van der Waals surface area contributed by atoms with E-state index in [-0.39, 0.29) is 11.6 Å². The van der Waals surface area contributed by atoms with Crippen LogP contribution in [0, 0.1) is 0 Å². The average molecular weight is 367 g/mol. The number of Topliss-reactive ketones (excluding diaryl/α,β-unsaturated/α-hetero) is 1. The highest BCUT2D eigenvalue weighted by Gasteiger charge is 2.30. The van der Waals surface area contributed by atoms with E-state index in [1.807, 2.05) is 54.1 Å². The van der Waals surface area contributed by atoms with E-state index < -0.39 is 0 Å². The first-order chi connectivity index (χ1) is 13.6. The van der Waals surface area contributed by atoms with Crippen LogP contribution in [-0.2, 0) is 7.05 Å². The van der Waals surface area contributed by atoms with Crippen LogP contribution >= 0.6 is 0 Å². The molecule has 0 radical (unpaired) electrons. The molecule has 0 N–H and O–H groups in total. The normalized spacial score (nSPS) is 13.7. The van der Waals surface area contributed by atoms with Gasteiger partial charge in [0.25, 0.3) is 0 Å². The van der Waals surface area contributed by atoms with Crippen molar-refractivity contribution in [2.45, 2.75) is 0 Å². The molecule has 0 unspecified atom stereocenters. The number of allylic oxidation sites excluding steroid dienone is 2. The van der Waals surface area contributed by atoms with Crippen LogP contribution in [0.1, 0.15) is 26.3 Å². The molecule has 5 rings (SSSR count). The molecule has 0 fully saturated rings. The number of rotatable bonds is 2. The fraction of sp³-hybridized carbons (Fsp3) is 0.0833. The van der Waals surface area contributed by atoms with Crippen molar-refractivity contribution < 1.29 is 14.3 Å². The average Bonchev–Trinajstić information content (AvgIpc) is 3.03. The van der Waals surface area contributed by atoms with Gasteiger partial charge in [0.05, 0.1) is 18.2 Å². The highest BCUT2D eigenvalue weighted by molar-refractivity contribution is 6.42. The van der Waals surface area contributed by atoms with Gasteiger partial charge in [-0.3, -0.25) is 9.59 Å². The number of ketones is 2. The van der Waals surface area contributed by atoms with Gasteiger partial charge in [-0.15, -0.1) is 0 Å². The molecule has 0 atom stereocenters. The maximum atomic E-state index is 13.5. The summed E-state index contributed by atoms with van der Waals surface area (Å²) in [5, 5.41) is 2.05. The zero-order valence-corrected chi connectivity index (χ0v) is 15.5. The van der Waals surface area contributed by atoms with Gasteiger partial charge in [0.2, 0.25) is 0 Å². The van der Waals surface area contributed by atoms with Gasteiger partial charge in [-0.1, -0.05) is 36.4 Å². The van der Waals surface area contributed by atoms with E-state index in [4.69, 9.17) is 4.74 Å². The van der Waals surface area contributed by atoms with Crippen LogP contribution < -0.4 is 4.74 Å². The molecule has 0 aliphatic heterocycles. The number of ether oxygens (including phenoxy) is 1. The molecule has 0 bridgehead atoms. The Kier molecular flexibility index (Phi) is 3.49. The minimum Gasteiger partial charge on any atom is -0.497 e. The number of methoxy groups -OCH3 is 1. The molecule has 1 aromatic heterocycles. The van der Waals surface area contributed by atoms with Crippen molar-refractivity contribution in [3.05, 3.63) is 83.4 Å². The van der Waals surface area contributed by atoms with Crippen molar-refractivity contribution >= 4 is 38.9 Å². The van der Waals surface area contributed by atoms with E-state index in [9.17, 15) is 9.59 Å². The summed E-state index contributed by atoms with van der Waals surface area (Å²) in [6, 6.07) is 18.9. The lowest BCUT2D eigenvalue weighted by Gasteiger charge is -2.17. The summed E-state index contributed by atoms with van der Waals surface area (Å²) in [6.45, 7) is 0. The van der Waals surface area contributed by atoms with Gasteiger partial charge < -0.3 is 9.30 Å². The van der Waals surface area contributed by atoms with Gasteiger partial charge in [0.15, 0.2) is 11.6 Å². The lowest BCUT2D eigenvalue weighted by molar-refractivity contribution is 0.100. The molecular weight excluding hydrogens is 350 g/mol. The molecule has 0 amide bonds. The maximum Gasteiger partial charge on any atom is 0.196 e. The quantitative estimate of drug-likeness (QED) is 0.511. The van der Waals surface area contributed by atoms with Crippen LogP contribution in [0.3, 0.4) is 0 Å². The summed E-state index contributed by atoms with van der Waals surface area (Å²) in [7, 11) is 3.53. The maximum absolute atomic E-state index is 13.5. The number of para-hydroxylation sites is 1. The van der Waals surface area contributed by atoms with E-state index in [2.05, 4.69) is 0 Å². The van der Waals surface area contributed by atoms with Crippen molar-refractivity contribution in [1.29, 1.82) is 0 Å². The Hall–Kier alpha value is -3.66. The minimum absolute atomic E-state index is 0.128. The molecule has 0 saturated carbocycles. The summed E-state index contributed by atoms with van der Waals surface area (Å²) >= 11 is 0. The van der Waals surface area contributed by atoms with Crippen molar-refractivity contribution in [3.8, 4) is 5.75 Å². The molecule has 0 saturated heterocycles. The standard InChI is InChI=1S/C24H17NO3/c1-25-20-6-4-3-5-16(20)17-11-12-18-21(26)13-19(24(27)22(18)23(17)25)14-7-9-15(28-2)10-8-14/h3-13H,1-2H3. The van der Waals surface area contributed by atoms with Gasteiger partial charge in [-0.25, -0.2) is 0 Å². The minimum atomic E-state index is -0.146. The van der Waals surface area contributed by atoms with Crippen LogP contribution in [0.25, 0.3) is 27.4 Å². The zero-order valence-electron chi connectivity index (χ0n) is 15.5. The molecule has 28 heavy (non-hydrogen) atoms. The first-order valence-electron chi connectivity index (χ1n) is 9.05. The largest absolute Gasteiger partial charge is 0.497 e. The number of hydrogen-bond donors (Lipinski definition) is 0. The number of carbonyl (C=O) groups is 2. The Bertz CT molecular complexity index is 1320. The predicted octanol–water partition coefficient (Wildman–Crippen LogP) is 4.80. The predicted molar refractivity (Wildman–Crippen MR) is 110 cm³/mol. The first-order valence-corrected chi connectivity index (χ1v) is 9.05. The lowest BCUT2D eigenvalue weighted by atomic mass is 9.85. The van der Waals surface area contributed by atoms with E-state index in [1.165, 1.54) is 6.08 Å². The van der Waals surface area contributed by atoms with Crippen LogP contribution in [0.5, 0.6) is 5.75 Å². The second-order valence-corrected chi connectivity index (χ2v) is 6.94. The third-order valence-corrected chi connectivity index (χ3v) is 5.48. The topological polar surface area (TPSA) is 48.3 Å². The smallest absolute Gasteiger partial charge is 0.196 e. The third kappa shape index (κ3) is 2.18. The van der Waals surface area contributed by atoms with Gasteiger partial charge >= 0.3 is 0 Å². The Morgan fingerprint density at radius 1 is 0.857 bits per heavy atom. The fourth-order valence-electron chi connectivity index (χ4n) is 4.10. The van der Waals surface area contributed by atoms with Crippen LogP contribution in [0.4, 0.5) is 0 Å². The Morgan fingerprint density at radius 2 is 1.61 bits per heavy atom. The summed E-state index contributed by atoms with van der Waals surface area (Å²) in [6.07, 6.45) is 1.45. The number of carbonyl (C=O) groups excluding carboxylic acids is 2. The van der Waals surface area contributed by atoms with E-state index >= 15 is 0 Å². The van der Waals surface area contributed by atoms with Crippen molar-refractivity contribution in [2.24, 2.45) is 7.05 Å². The highest BCUT2D eigenvalue weighted by Crippen LogP contribution is 2.37. The van der Waals surface area contributed by atoms with Crippen LogP contribution in [-0.4, -0.2) is 23.2 Å². The summed E-state index contributed by atoms with van der Waals surface area (Å²) in [4.78, 5) is 26.3. The van der Waals surface area contributed by atoms with Gasteiger partial charge in [-0.2, -0.15) is 0 Å². The Morgan fingerprint density at radius 3 is 2.36 bits per heavy atom. The Balaban J connectivity index is 1.78. The number of nitrogens with zero attached hydrogens (tertiary/aromatic N) is 1. The second kappa shape index (κ2) is 5.92. The van der Waals surface area contributed by atoms with E-state index in [1.54, 1.807) is 25.3 Å². The van der Waals surface area contributed by atoms with E-state index in [0.29, 0.717) is 28.0 Å². The number of aryl methyl sites for hydroxylation is 1. The molecule has 0 spiro atoms. The molecule has 3 aromatic carbocycles. The molecular formula is C24H17NO3. The number of benzene rings is 3. The van der Waals surface area contributed by atoms with Crippen molar-refractivity contribution in [1.82, 2.24) is 4.57 Å². The van der Waals surface area contributed by atoms with E-state index in [0.717, 1.165) is 21.8 Å². The molecule has 4 aromatic rings. The van der Waals surface area contributed by atoms with Crippen LogP contribution in [0.15, 0.2) is 66.7 Å². The molecule has 4 heteroatoms. The molecule has 1 aliphatic rings. The summed E-state index contributed by atoms with van der Waals surface area (Å²) in [5.41, 5.74) is 3.90. The van der Waals surface area contributed by atoms with Gasteiger partial charge in [0.1, 0.15) is 5.75 Å².